The highest BCUT2D eigenvalue weighted by molar-refractivity contribution is 5.94. The highest BCUT2D eigenvalue weighted by Crippen LogP contribution is 2.25. The van der Waals surface area contributed by atoms with Crippen molar-refractivity contribution < 1.29 is 38.9 Å². The molecule has 0 fully saturated rings. The average Bonchev–Trinajstić information content (AvgIpc) is 2.94. The van der Waals surface area contributed by atoms with Gasteiger partial charge in [0.1, 0.15) is 11.5 Å². The van der Waals surface area contributed by atoms with Crippen molar-refractivity contribution >= 4 is 23.9 Å². The Morgan fingerprint density at radius 3 is 1.31 bits per heavy atom. The van der Waals surface area contributed by atoms with E-state index in [1.165, 1.54) is 48.5 Å². The van der Waals surface area contributed by atoms with E-state index in [0.29, 0.717) is 11.5 Å². The Morgan fingerprint density at radius 2 is 0.923 bits per heavy atom. The number of rotatable bonds is 9. The van der Waals surface area contributed by atoms with Crippen molar-refractivity contribution in [2.24, 2.45) is 0 Å². The van der Waals surface area contributed by atoms with E-state index in [-0.39, 0.29) is 28.2 Å². The largest absolute Gasteiger partial charge is 0.478 e. The molecule has 0 aliphatic rings. The first kappa shape index (κ1) is 26.8. The van der Waals surface area contributed by atoms with Crippen LogP contribution in [-0.4, -0.2) is 34.1 Å². The molecular weight excluding hydrogens is 500 g/mol. The number of esters is 2. The van der Waals surface area contributed by atoms with Gasteiger partial charge < -0.3 is 19.7 Å². The lowest BCUT2D eigenvalue weighted by molar-refractivity contribution is 0.0685. The summed E-state index contributed by atoms with van der Waals surface area (Å²) in [6.45, 7) is 2.07. The fourth-order valence-electron chi connectivity index (χ4n) is 3.86. The van der Waals surface area contributed by atoms with Crippen LogP contribution in [0.15, 0.2) is 97.1 Å². The molecule has 8 nitrogen and oxygen atoms in total. The molecule has 0 heterocycles. The second kappa shape index (κ2) is 11.9. The molecule has 8 heteroatoms. The van der Waals surface area contributed by atoms with E-state index in [1.807, 2.05) is 24.3 Å². The van der Waals surface area contributed by atoms with Crippen molar-refractivity contribution in [3.8, 4) is 11.5 Å². The molecule has 39 heavy (non-hydrogen) atoms. The summed E-state index contributed by atoms with van der Waals surface area (Å²) in [6.07, 6.45) is 0.722. The van der Waals surface area contributed by atoms with Gasteiger partial charge in [0.05, 0.1) is 22.3 Å². The third-order valence-corrected chi connectivity index (χ3v) is 6.07. The van der Waals surface area contributed by atoms with Crippen LogP contribution in [0.1, 0.15) is 65.4 Å². The van der Waals surface area contributed by atoms with Crippen molar-refractivity contribution in [2.75, 3.05) is 0 Å². The van der Waals surface area contributed by atoms with Gasteiger partial charge in [-0.2, -0.15) is 0 Å². The Hall–Kier alpha value is -5.24. The molecule has 0 saturated heterocycles. The zero-order valence-electron chi connectivity index (χ0n) is 20.9. The number of benzene rings is 4. The first-order chi connectivity index (χ1) is 18.7. The highest BCUT2D eigenvalue weighted by atomic mass is 16.5. The number of hydrogen-bond acceptors (Lipinski definition) is 6. The Labute approximate surface area is 224 Å². The number of carbonyl (C=O) groups is 4. The van der Waals surface area contributed by atoms with Gasteiger partial charge in [-0.1, -0.05) is 31.2 Å². The van der Waals surface area contributed by atoms with Gasteiger partial charge in [-0.3, -0.25) is 0 Å². The van der Waals surface area contributed by atoms with Crippen LogP contribution in [0, 0.1) is 0 Å². The van der Waals surface area contributed by atoms with E-state index in [9.17, 15) is 19.2 Å². The maximum absolute atomic E-state index is 12.3. The molecule has 1 unspecified atom stereocenters. The Morgan fingerprint density at radius 1 is 0.564 bits per heavy atom. The van der Waals surface area contributed by atoms with Crippen LogP contribution < -0.4 is 9.47 Å². The van der Waals surface area contributed by atoms with Gasteiger partial charge in [0.15, 0.2) is 0 Å². The monoisotopic (exact) mass is 524 g/mol. The second-order valence-corrected chi connectivity index (χ2v) is 8.86. The van der Waals surface area contributed by atoms with Gasteiger partial charge in [0, 0.05) is 0 Å². The minimum Gasteiger partial charge on any atom is -0.478 e. The molecule has 0 aromatic heterocycles. The lowest BCUT2D eigenvalue weighted by Crippen LogP contribution is -2.09. The van der Waals surface area contributed by atoms with Crippen molar-refractivity contribution in [3.63, 3.8) is 0 Å². The number of ether oxygens (including phenoxy) is 2. The first-order valence-electron chi connectivity index (χ1n) is 12.0. The van der Waals surface area contributed by atoms with E-state index < -0.39 is 23.9 Å². The molecule has 0 bridgehead atoms. The van der Waals surface area contributed by atoms with Crippen LogP contribution in [0.3, 0.4) is 0 Å². The standard InChI is InChI=1S/C31H24O8/c1-19(21-12-16-27(17-13-21)39-31(37)25-10-6-23(7-11-25)29(34)35)18-20-2-14-26(15-3-20)38-30(36)24-8-4-22(5-9-24)28(32)33/h2-17,19H,18H2,1H3,(H,32,33)(H,34,35). The van der Waals surface area contributed by atoms with Gasteiger partial charge in [0.25, 0.3) is 0 Å². The van der Waals surface area contributed by atoms with Crippen LogP contribution in [0.5, 0.6) is 11.5 Å². The molecule has 0 aliphatic carbocycles. The molecule has 1 atom stereocenters. The van der Waals surface area contributed by atoms with Crippen molar-refractivity contribution in [1.29, 1.82) is 0 Å². The Balaban J connectivity index is 1.31. The van der Waals surface area contributed by atoms with Gasteiger partial charge in [-0.05, 0) is 96.3 Å². The quantitative estimate of drug-likeness (QED) is 0.206. The third-order valence-electron chi connectivity index (χ3n) is 6.07. The summed E-state index contributed by atoms with van der Waals surface area (Å²) >= 11 is 0. The number of hydrogen-bond donors (Lipinski definition) is 2. The minimum atomic E-state index is -1.07. The highest BCUT2D eigenvalue weighted by Gasteiger charge is 2.13. The predicted molar refractivity (Wildman–Crippen MR) is 142 cm³/mol. The zero-order chi connectivity index (χ0) is 27.9. The van der Waals surface area contributed by atoms with Crippen LogP contribution in [-0.2, 0) is 6.42 Å². The molecule has 4 aromatic carbocycles. The van der Waals surface area contributed by atoms with Gasteiger partial charge >= 0.3 is 23.9 Å². The number of carboxylic acids is 2. The predicted octanol–water partition coefficient (Wildman–Crippen LogP) is 5.87. The summed E-state index contributed by atoms with van der Waals surface area (Å²) < 4.78 is 10.8. The van der Waals surface area contributed by atoms with Gasteiger partial charge in [-0.25, -0.2) is 19.2 Å². The van der Waals surface area contributed by atoms with Gasteiger partial charge in [-0.15, -0.1) is 0 Å². The van der Waals surface area contributed by atoms with Crippen molar-refractivity contribution in [3.05, 3.63) is 130 Å². The van der Waals surface area contributed by atoms with E-state index in [0.717, 1.165) is 17.5 Å². The molecule has 0 saturated carbocycles. The number of carboxylic acid groups (broad SMARTS) is 2. The van der Waals surface area contributed by atoms with Crippen LogP contribution in [0.2, 0.25) is 0 Å². The smallest absolute Gasteiger partial charge is 0.343 e. The van der Waals surface area contributed by atoms with E-state index in [4.69, 9.17) is 19.7 Å². The average molecular weight is 525 g/mol. The Kier molecular flexibility index (Phi) is 8.16. The summed E-state index contributed by atoms with van der Waals surface area (Å²) in [7, 11) is 0. The summed E-state index contributed by atoms with van der Waals surface area (Å²) in [5.74, 6) is -2.39. The topological polar surface area (TPSA) is 127 Å². The van der Waals surface area contributed by atoms with Crippen LogP contribution >= 0.6 is 0 Å². The van der Waals surface area contributed by atoms with E-state index >= 15 is 0 Å². The first-order valence-corrected chi connectivity index (χ1v) is 12.0. The third kappa shape index (κ3) is 6.95. The summed E-state index contributed by atoms with van der Waals surface area (Å²) in [4.78, 5) is 46.6. The SMILES string of the molecule is CC(Cc1ccc(OC(=O)c2ccc(C(=O)O)cc2)cc1)c1ccc(OC(=O)c2ccc(C(=O)O)cc2)cc1. The lowest BCUT2D eigenvalue weighted by Gasteiger charge is -2.13. The molecule has 4 aromatic rings. The molecule has 2 N–H and O–H groups in total. The zero-order valence-corrected chi connectivity index (χ0v) is 20.9. The molecule has 0 amide bonds. The summed E-state index contributed by atoms with van der Waals surface area (Å²) in [5, 5.41) is 17.9. The maximum atomic E-state index is 12.3. The summed E-state index contributed by atoms with van der Waals surface area (Å²) in [5.41, 5.74) is 2.76. The molecule has 4 rings (SSSR count). The Bertz CT molecular complexity index is 1490. The van der Waals surface area contributed by atoms with E-state index in [2.05, 4.69) is 6.92 Å². The maximum Gasteiger partial charge on any atom is 0.343 e. The van der Waals surface area contributed by atoms with E-state index in [1.54, 1.807) is 24.3 Å². The van der Waals surface area contributed by atoms with Crippen molar-refractivity contribution in [1.82, 2.24) is 0 Å². The fourth-order valence-corrected chi connectivity index (χ4v) is 3.86. The normalized spacial score (nSPS) is 11.3. The molecule has 196 valence electrons. The van der Waals surface area contributed by atoms with Crippen molar-refractivity contribution in [2.45, 2.75) is 19.3 Å². The fraction of sp³-hybridized carbons (Fsp3) is 0.0968. The summed E-state index contributed by atoms with van der Waals surface area (Å²) in [6, 6.07) is 25.4. The van der Waals surface area contributed by atoms with Gasteiger partial charge in [0.2, 0.25) is 0 Å². The number of carbonyl (C=O) groups excluding carboxylic acids is 2. The molecule has 0 spiro atoms. The molecular formula is C31H24O8. The molecule has 0 radical (unpaired) electrons. The second-order valence-electron chi connectivity index (χ2n) is 8.86. The molecule has 0 aliphatic heterocycles. The lowest BCUT2D eigenvalue weighted by atomic mass is 9.94. The van der Waals surface area contributed by atoms with Crippen LogP contribution in [0.4, 0.5) is 0 Å². The minimum absolute atomic E-state index is 0.0883. The van der Waals surface area contributed by atoms with Crippen LogP contribution in [0.25, 0.3) is 0 Å². The number of aromatic carboxylic acids is 2.